The summed E-state index contributed by atoms with van der Waals surface area (Å²) in [6, 6.07) is 6.62. The van der Waals surface area contributed by atoms with E-state index in [0.29, 0.717) is 16.7 Å². The van der Waals surface area contributed by atoms with Crippen molar-refractivity contribution in [3.63, 3.8) is 0 Å². The number of ether oxygens (including phenoxy) is 1. The highest BCUT2D eigenvalue weighted by atomic mass is 35.5. The summed E-state index contributed by atoms with van der Waals surface area (Å²) in [5.74, 6) is -2.08. The molecule has 14 heteroatoms. The van der Waals surface area contributed by atoms with E-state index in [0.717, 1.165) is 30.9 Å². The summed E-state index contributed by atoms with van der Waals surface area (Å²) in [6.45, 7) is 1.58. The van der Waals surface area contributed by atoms with Crippen LogP contribution in [-0.2, 0) is 26.5 Å². The van der Waals surface area contributed by atoms with Gasteiger partial charge in [0.25, 0.3) is 0 Å². The number of fused-ring (bicyclic) bond motifs is 2. The summed E-state index contributed by atoms with van der Waals surface area (Å²) in [4.78, 5) is 13.6. The lowest BCUT2D eigenvalue weighted by atomic mass is 9.81. The number of carbonyl (C=O) groups excluding carboxylic acids is 1. The van der Waals surface area contributed by atoms with Gasteiger partial charge in [0.15, 0.2) is 10.6 Å². The zero-order valence-electron chi connectivity index (χ0n) is 20.2. The van der Waals surface area contributed by atoms with E-state index in [1.165, 1.54) is 0 Å². The third-order valence-electron chi connectivity index (χ3n) is 7.49. The van der Waals surface area contributed by atoms with Crippen LogP contribution in [0.4, 0.5) is 30.7 Å². The number of nitrogens with zero attached hydrogens (tertiary/aromatic N) is 2. The molecule has 1 fully saturated rings. The van der Waals surface area contributed by atoms with Gasteiger partial charge in [0.2, 0.25) is 5.91 Å². The van der Waals surface area contributed by atoms with Gasteiger partial charge >= 0.3 is 12.4 Å². The van der Waals surface area contributed by atoms with Gasteiger partial charge in [-0.15, -0.1) is 0 Å². The maximum absolute atomic E-state index is 14.4. The Hall–Kier alpha value is -2.02. The third kappa shape index (κ3) is 4.33. The minimum Gasteiger partial charge on any atom is -0.362 e. The molecule has 0 aromatic heterocycles. The SMILES string of the molecule is CC(C)(C(=O)N1CC2(C1)OCc1cc(C3=NS[C@@](c4cc(Cl)c(F)c(Cl)c4)(C(F)(F)F)C3)ccc12)C(F)(F)F. The molecule has 1 spiro atoms. The highest BCUT2D eigenvalue weighted by Crippen LogP contribution is 2.57. The highest BCUT2D eigenvalue weighted by molar-refractivity contribution is 7.99. The third-order valence-corrected chi connectivity index (χ3v) is 9.28. The van der Waals surface area contributed by atoms with Crippen molar-refractivity contribution in [3.05, 3.63) is 68.4 Å². The molecule has 4 nitrogen and oxygen atoms in total. The molecule has 5 rings (SSSR count). The Kier molecular flexibility index (Phi) is 6.57. The number of halogens is 9. The molecule has 0 unspecified atom stereocenters. The Bertz CT molecular complexity index is 1380. The molecule has 0 N–H and O–H groups in total. The first-order valence-electron chi connectivity index (χ1n) is 11.5. The second-order valence-electron chi connectivity index (χ2n) is 10.3. The van der Waals surface area contributed by atoms with Gasteiger partial charge in [0, 0.05) is 6.42 Å². The molecular formula is C25H19Cl2F7N2O2S. The van der Waals surface area contributed by atoms with E-state index >= 15 is 0 Å². The van der Waals surface area contributed by atoms with Gasteiger partial charge in [-0.25, -0.2) is 8.79 Å². The van der Waals surface area contributed by atoms with Crippen LogP contribution in [0.5, 0.6) is 0 Å². The van der Waals surface area contributed by atoms with Gasteiger partial charge in [-0.05, 0) is 66.2 Å². The van der Waals surface area contributed by atoms with Gasteiger partial charge in [-0.1, -0.05) is 35.3 Å². The molecule has 1 amide bonds. The maximum Gasteiger partial charge on any atom is 0.409 e. The number of likely N-dealkylation sites (tertiary alicyclic amines) is 1. The molecule has 3 heterocycles. The maximum atomic E-state index is 14.4. The second kappa shape index (κ2) is 8.99. The van der Waals surface area contributed by atoms with Crippen molar-refractivity contribution in [2.75, 3.05) is 13.1 Å². The lowest BCUT2D eigenvalue weighted by Crippen LogP contribution is -2.64. The van der Waals surface area contributed by atoms with E-state index in [9.17, 15) is 35.5 Å². The molecule has 210 valence electrons. The molecule has 2 aromatic carbocycles. The first-order chi connectivity index (χ1) is 17.9. The van der Waals surface area contributed by atoms with Crippen molar-refractivity contribution in [1.29, 1.82) is 0 Å². The molecule has 1 atom stereocenters. The van der Waals surface area contributed by atoms with E-state index in [1.807, 2.05) is 0 Å². The van der Waals surface area contributed by atoms with Crippen molar-refractivity contribution >= 4 is 46.8 Å². The fourth-order valence-electron chi connectivity index (χ4n) is 4.97. The molecule has 2 aromatic rings. The first kappa shape index (κ1) is 28.5. The van der Waals surface area contributed by atoms with Crippen molar-refractivity contribution in [3.8, 4) is 0 Å². The summed E-state index contributed by atoms with van der Waals surface area (Å²) >= 11 is 11.9. The average molecular weight is 615 g/mol. The highest BCUT2D eigenvalue weighted by Gasteiger charge is 2.61. The van der Waals surface area contributed by atoms with E-state index < -0.39 is 56.3 Å². The monoisotopic (exact) mass is 614 g/mol. The number of rotatable bonds is 3. The Morgan fingerprint density at radius 1 is 1.05 bits per heavy atom. The normalized spacial score (nSPS) is 22.6. The molecule has 0 saturated carbocycles. The van der Waals surface area contributed by atoms with Crippen LogP contribution in [0.25, 0.3) is 0 Å². The largest absolute Gasteiger partial charge is 0.409 e. The van der Waals surface area contributed by atoms with Gasteiger partial charge in [-0.2, -0.15) is 26.3 Å². The van der Waals surface area contributed by atoms with E-state index in [4.69, 9.17) is 27.9 Å². The summed E-state index contributed by atoms with van der Waals surface area (Å²) in [7, 11) is 0. The molecule has 0 aliphatic carbocycles. The summed E-state index contributed by atoms with van der Waals surface area (Å²) in [5.41, 5.74) is -2.03. The van der Waals surface area contributed by atoms with Gasteiger partial charge < -0.3 is 9.64 Å². The molecular weight excluding hydrogens is 596 g/mol. The van der Waals surface area contributed by atoms with Crippen molar-refractivity contribution in [1.82, 2.24) is 4.90 Å². The van der Waals surface area contributed by atoms with Crippen LogP contribution in [0.1, 0.15) is 42.5 Å². The van der Waals surface area contributed by atoms with Gasteiger partial charge in [0.1, 0.15) is 11.0 Å². The number of carbonyl (C=O) groups is 1. The van der Waals surface area contributed by atoms with Crippen LogP contribution in [0.2, 0.25) is 10.0 Å². The van der Waals surface area contributed by atoms with Crippen LogP contribution >= 0.6 is 35.1 Å². The lowest BCUT2D eigenvalue weighted by Gasteiger charge is -2.49. The zero-order valence-corrected chi connectivity index (χ0v) is 22.6. The summed E-state index contributed by atoms with van der Waals surface area (Å²) in [5, 5.41) is -1.08. The van der Waals surface area contributed by atoms with Crippen LogP contribution in [-0.4, -0.2) is 42.0 Å². The lowest BCUT2D eigenvalue weighted by molar-refractivity contribution is -0.228. The molecule has 3 aliphatic rings. The second-order valence-corrected chi connectivity index (χ2v) is 12.2. The number of hydrogen-bond acceptors (Lipinski definition) is 4. The number of benzene rings is 2. The van der Waals surface area contributed by atoms with Gasteiger partial charge in [0.05, 0.1) is 35.5 Å². The molecule has 3 aliphatic heterocycles. The molecule has 0 bridgehead atoms. The summed E-state index contributed by atoms with van der Waals surface area (Å²) in [6.07, 6.45) is -10.1. The van der Waals surface area contributed by atoms with E-state index in [1.54, 1.807) is 18.2 Å². The Morgan fingerprint density at radius 3 is 2.23 bits per heavy atom. The standard InChI is InChI=1S/C25H19Cl2F7N2O2S/c1-21(2,24(29,30)31)20(37)36-10-22(11-36)15-4-3-12(5-13(15)9-38-22)18-8-23(39-35-18,25(32,33)34)14-6-16(26)19(28)17(27)7-14/h3-7H,8-11H2,1-2H3/t23-/m0/s1. The Labute approximate surface area is 232 Å². The zero-order chi connectivity index (χ0) is 28.8. The Balaban J connectivity index is 1.38. The van der Waals surface area contributed by atoms with Crippen LogP contribution in [0.3, 0.4) is 0 Å². The van der Waals surface area contributed by atoms with Crippen LogP contribution < -0.4 is 0 Å². The smallest absolute Gasteiger partial charge is 0.362 e. The van der Waals surface area contributed by atoms with Crippen molar-refractivity contribution < 1.29 is 40.3 Å². The first-order valence-corrected chi connectivity index (χ1v) is 13.1. The van der Waals surface area contributed by atoms with E-state index in [-0.39, 0.29) is 42.9 Å². The topological polar surface area (TPSA) is 41.9 Å². The number of amides is 1. The predicted molar refractivity (Wildman–Crippen MR) is 132 cm³/mol. The minimum atomic E-state index is -4.79. The van der Waals surface area contributed by atoms with Crippen molar-refractivity contribution in [2.45, 2.75) is 49.6 Å². The van der Waals surface area contributed by atoms with Crippen molar-refractivity contribution in [2.24, 2.45) is 9.81 Å². The van der Waals surface area contributed by atoms with Crippen LogP contribution in [0, 0.1) is 11.2 Å². The quantitative estimate of drug-likeness (QED) is 0.203. The fourth-order valence-corrected chi connectivity index (χ4v) is 6.42. The fraction of sp³-hybridized carbons (Fsp3) is 0.440. The molecule has 0 radical (unpaired) electrons. The molecule has 39 heavy (non-hydrogen) atoms. The summed E-state index contributed by atoms with van der Waals surface area (Å²) < 4.78 is 104. The predicted octanol–water partition coefficient (Wildman–Crippen LogP) is 7.59. The molecule has 1 saturated heterocycles. The van der Waals surface area contributed by atoms with Gasteiger partial charge in [-0.3, -0.25) is 4.79 Å². The Morgan fingerprint density at radius 2 is 1.67 bits per heavy atom. The number of hydrogen-bond donors (Lipinski definition) is 0. The van der Waals surface area contributed by atoms with Crippen LogP contribution in [0.15, 0.2) is 34.7 Å². The number of alkyl halides is 6. The average Bonchev–Trinajstić information content (AvgIpc) is 3.43. The minimum absolute atomic E-state index is 0.0713. The van der Waals surface area contributed by atoms with E-state index in [2.05, 4.69) is 4.40 Å².